The van der Waals surface area contributed by atoms with Gasteiger partial charge in [0.25, 0.3) is 0 Å². The average molecular weight is 284 g/mol. The zero-order valence-corrected chi connectivity index (χ0v) is 12.0. The van der Waals surface area contributed by atoms with Crippen molar-refractivity contribution >= 4 is 12.0 Å². The smallest absolute Gasteiger partial charge is 0.320 e. The van der Waals surface area contributed by atoms with Crippen molar-refractivity contribution in [3.05, 3.63) is 0 Å². The third-order valence-electron chi connectivity index (χ3n) is 4.41. The predicted octanol–water partition coefficient (Wildman–Crippen LogP) is 1.14. The molecule has 0 aromatic carbocycles. The summed E-state index contributed by atoms with van der Waals surface area (Å²) in [6, 6.07) is -0.245. The summed E-state index contributed by atoms with van der Waals surface area (Å²) in [6.07, 6.45) is 2.98. The molecule has 20 heavy (non-hydrogen) atoms. The highest BCUT2D eigenvalue weighted by atomic mass is 16.4. The number of amides is 2. The Morgan fingerprint density at radius 2 is 1.95 bits per heavy atom. The van der Waals surface area contributed by atoms with Gasteiger partial charge in [0.15, 0.2) is 0 Å². The molecule has 6 heteroatoms. The number of aliphatic carboxylic acids is 1. The monoisotopic (exact) mass is 284 g/mol. The molecule has 0 radical (unpaired) electrons. The second-order valence-corrected chi connectivity index (χ2v) is 6.00. The molecule has 0 saturated carbocycles. The summed E-state index contributed by atoms with van der Waals surface area (Å²) in [6.45, 7) is 3.69. The molecule has 2 aliphatic heterocycles. The second-order valence-electron chi connectivity index (χ2n) is 6.00. The lowest BCUT2D eigenvalue weighted by Gasteiger charge is -2.41. The van der Waals surface area contributed by atoms with Crippen molar-refractivity contribution in [3.8, 4) is 0 Å². The Balaban J connectivity index is 2.00. The van der Waals surface area contributed by atoms with Gasteiger partial charge in [-0.05, 0) is 31.6 Å². The van der Waals surface area contributed by atoms with Gasteiger partial charge in [-0.3, -0.25) is 4.79 Å². The summed E-state index contributed by atoms with van der Waals surface area (Å²) in [5.74, 6) is -0.771. The molecule has 2 rings (SSSR count). The maximum Gasteiger partial charge on any atom is 0.320 e. The fourth-order valence-corrected chi connectivity index (χ4v) is 3.15. The van der Waals surface area contributed by atoms with Crippen LogP contribution in [0.25, 0.3) is 0 Å². The molecule has 2 heterocycles. The van der Waals surface area contributed by atoms with Crippen LogP contribution in [0.1, 0.15) is 39.0 Å². The third kappa shape index (κ3) is 3.42. The van der Waals surface area contributed by atoms with Crippen LogP contribution in [0.15, 0.2) is 0 Å². The Hall–Kier alpha value is -1.30. The first kappa shape index (κ1) is 15.1. The van der Waals surface area contributed by atoms with Gasteiger partial charge in [0, 0.05) is 25.7 Å². The van der Waals surface area contributed by atoms with Crippen molar-refractivity contribution < 1.29 is 19.8 Å². The van der Waals surface area contributed by atoms with Crippen molar-refractivity contribution in [2.75, 3.05) is 19.6 Å². The topological polar surface area (TPSA) is 81.1 Å². The molecule has 114 valence electrons. The number of hydrogen-bond donors (Lipinski definition) is 2. The van der Waals surface area contributed by atoms with Crippen LogP contribution in [0.5, 0.6) is 0 Å². The van der Waals surface area contributed by atoms with Gasteiger partial charge in [0.2, 0.25) is 0 Å². The fraction of sp³-hybridized carbons (Fsp3) is 0.857. The van der Waals surface area contributed by atoms with Crippen LogP contribution in [-0.2, 0) is 4.79 Å². The summed E-state index contributed by atoms with van der Waals surface area (Å²) in [4.78, 5) is 27.0. The van der Waals surface area contributed by atoms with Crippen LogP contribution in [-0.4, -0.2) is 63.8 Å². The fourth-order valence-electron chi connectivity index (χ4n) is 3.15. The summed E-state index contributed by atoms with van der Waals surface area (Å²) >= 11 is 0. The lowest BCUT2D eigenvalue weighted by molar-refractivity contribution is -0.138. The average Bonchev–Trinajstić information content (AvgIpc) is 2.41. The minimum atomic E-state index is -0.850. The quantitative estimate of drug-likeness (QED) is 0.796. The number of carbonyl (C=O) groups is 2. The molecule has 0 aromatic rings. The van der Waals surface area contributed by atoms with E-state index < -0.39 is 5.97 Å². The number of nitrogens with zero attached hydrogens (tertiary/aromatic N) is 2. The number of rotatable bonds is 2. The molecule has 2 N–H and O–H groups in total. The first-order chi connectivity index (χ1) is 9.49. The second kappa shape index (κ2) is 6.43. The molecule has 3 unspecified atom stereocenters. The number of piperidine rings is 2. The zero-order valence-electron chi connectivity index (χ0n) is 12.0. The van der Waals surface area contributed by atoms with Crippen molar-refractivity contribution in [2.45, 2.75) is 51.2 Å². The summed E-state index contributed by atoms with van der Waals surface area (Å²) < 4.78 is 0. The first-order valence-electron chi connectivity index (χ1n) is 7.44. The van der Waals surface area contributed by atoms with Crippen molar-refractivity contribution in [3.63, 3.8) is 0 Å². The van der Waals surface area contributed by atoms with E-state index in [0.717, 1.165) is 19.3 Å². The van der Waals surface area contributed by atoms with Crippen LogP contribution < -0.4 is 0 Å². The number of hydrogen-bond acceptors (Lipinski definition) is 3. The van der Waals surface area contributed by atoms with Gasteiger partial charge in [0.05, 0.1) is 12.5 Å². The highest BCUT2D eigenvalue weighted by molar-refractivity contribution is 5.76. The van der Waals surface area contributed by atoms with Gasteiger partial charge in [-0.15, -0.1) is 0 Å². The van der Waals surface area contributed by atoms with E-state index in [1.807, 2.05) is 6.92 Å². The van der Waals surface area contributed by atoms with Crippen LogP contribution >= 0.6 is 0 Å². The largest absolute Gasteiger partial charge is 0.481 e. The minimum absolute atomic E-state index is 0.0256. The van der Waals surface area contributed by atoms with Crippen LogP contribution in [0.3, 0.4) is 0 Å². The molecule has 0 aliphatic carbocycles. The number of carbonyl (C=O) groups excluding carboxylic acids is 1. The lowest BCUT2D eigenvalue weighted by Crippen LogP contribution is -2.54. The SMILES string of the molecule is CC1CN(C(=O)N2CCCCC2CC(=O)O)CCC1O. The third-order valence-corrected chi connectivity index (χ3v) is 4.41. The van der Waals surface area contributed by atoms with E-state index >= 15 is 0 Å². The molecule has 3 atom stereocenters. The molecule has 2 fully saturated rings. The van der Waals surface area contributed by atoms with Crippen LogP contribution in [0.2, 0.25) is 0 Å². The van der Waals surface area contributed by atoms with Gasteiger partial charge in [-0.2, -0.15) is 0 Å². The molecule has 2 amide bonds. The predicted molar refractivity (Wildman–Crippen MR) is 73.4 cm³/mol. The number of carboxylic acid groups (broad SMARTS) is 1. The van der Waals surface area contributed by atoms with Crippen LogP contribution in [0, 0.1) is 5.92 Å². The van der Waals surface area contributed by atoms with E-state index in [1.165, 1.54) is 0 Å². The maximum atomic E-state index is 12.6. The lowest BCUT2D eigenvalue weighted by atomic mass is 9.96. The first-order valence-corrected chi connectivity index (χ1v) is 7.44. The number of aliphatic hydroxyl groups excluding tert-OH is 1. The Kier molecular flexibility index (Phi) is 4.86. The minimum Gasteiger partial charge on any atom is -0.481 e. The van der Waals surface area contributed by atoms with Crippen LogP contribution in [0.4, 0.5) is 4.79 Å². The van der Waals surface area contributed by atoms with Gasteiger partial charge >= 0.3 is 12.0 Å². The van der Waals surface area contributed by atoms with Gasteiger partial charge in [-0.1, -0.05) is 6.92 Å². The van der Waals surface area contributed by atoms with E-state index in [0.29, 0.717) is 26.1 Å². The molecule has 6 nitrogen and oxygen atoms in total. The number of urea groups is 1. The molecule has 2 saturated heterocycles. The van der Waals surface area contributed by atoms with Gasteiger partial charge < -0.3 is 20.0 Å². The standard InChI is InChI=1S/C14H24N2O4/c1-10-9-15(7-5-12(10)17)14(20)16-6-3-2-4-11(16)8-13(18)19/h10-12,17H,2-9H2,1H3,(H,18,19). The Morgan fingerprint density at radius 3 is 2.60 bits per heavy atom. The number of aliphatic hydroxyl groups is 1. The van der Waals surface area contributed by atoms with Gasteiger partial charge in [-0.25, -0.2) is 4.79 Å². The molecule has 0 spiro atoms. The Labute approximate surface area is 119 Å². The normalized spacial score (nSPS) is 31.2. The highest BCUT2D eigenvalue weighted by Gasteiger charge is 2.34. The molecule has 0 aromatic heterocycles. The molecular weight excluding hydrogens is 260 g/mol. The van der Waals surface area contributed by atoms with E-state index in [4.69, 9.17) is 5.11 Å². The summed E-state index contributed by atoms with van der Waals surface area (Å²) in [5, 5.41) is 18.7. The van der Waals surface area contributed by atoms with Crippen molar-refractivity contribution in [2.24, 2.45) is 5.92 Å². The van der Waals surface area contributed by atoms with Crippen molar-refractivity contribution in [1.29, 1.82) is 0 Å². The Bertz CT molecular complexity index is 374. The molecule has 0 bridgehead atoms. The van der Waals surface area contributed by atoms with Gasteiger partial charge in [0.1, 0.15) is 0 Å². The van der Waals surface area contributed by atoms with E-state index in [-0.39, 0.29) is 30.5 Å². The van der Waals surface area contributed by atoms with Crippen molar-refractivity contribution in [1.82, 2.24) is 9.80 Å². The zero-order chi connectivity index (χ0) is 14.7. The Morgan fingerprint density at radius 1 is 1.20 bits per heavy atom. The highest BCUT2D eigenvalue weighted by Crippen LogP contribution is 2.24. The number of likely N-dealkylation sites (tertiary alicyclic amines) is 2. The molecular formula is C14H24N2O4. The van der Waals surface area contributed by atoms with E-state index in [1.54, 1.807) is 9.80 Å². The molecule has 2 aliphatic rings. The van der Waals surface area contributed by atoms with E-state index in [9.17, 15) is 14.7 Å². The van der Waals surface area contributed by atoms with E-state index in [2.05, 4.69) is 0 Å². The summed E-state index contributed by atoms with van der Waals surface area (Å²) in [7, 11) is 0. The number of carboxylic acids is 1. The maximum absolute atomic E-state index is 12.6. The summed E-state index contributed by atoms with van der Waals surface area (Å²) in [5.41, 5.74) is 0.